The molecule has 1 amide bonds. The summed E-state index contributed by atoms with van der Waals surface area (Å²) in [5.41, 5.74) is 2.13. The van der Waals surface area contributed by atoms with Crippen molar-refractivity contribution in [1.29, 1.82) is 0 Å². The highest BCUT2D eigenvalue weighted by Gasteiger charge is 2.45. The molecular formula is C17H25N3O3. The van der Waals surface area contributed by atoms with Crippen molar-refractivity contribution in [3.63, 3.8) is 0 Å². The van der Waals surface area contributed by atoms with E-state index in [1.807, 2.05) is 13.8 Å². The molecule has 1 aliphatic carbocycles. The first-order chi connectivity index (χ1) is 11.1. The number of rotatable bonds is 4. The number of likely N-dealkylation sites (tertiary alicyclic amines) is 1. The highest BCUT2D eigenvalue weighted by molar-refractivity contribution is 5.81. The second-order valence-corrected chi connectivity index (χ2v) is 7.17. The lowest BCUT2D eigenvalue weighted by Gasteiger charge is -2.32. The van der Waals surface area contributed by atoms with Gasteiger partial charge in [-0.15, -0.1) is 0 Å². The molecule has 0 radical (unpaired) electrons. The molecule has 3 fully saturated rings. The number of hydrogen-bond donors (Lipinski definition) is 1. The Hall–Kier alpha value is -1.40. The molecule has 126 valence electrons. The first kappa shape index (κ1) is 15.1. The standard InChI is InChI=1S/C17H25N3O3/c1-10-13(11(2)23-19-10)8-20-9-14(18-17(21)12-5-6-12)16-15(20)4-3-7-22-16/h12,14-16H,3-9H2,1-2H3,(H,18,21)/t14-,15-,16-/m1/s1. The molecule has 3 aliphatic rings. The number of carbonyl (C=O) groups is 1. The second-order valence-electron chi connectivity index (χ2n) is 7.17. The molecule has 2 aliphatic heterocycles. The van der Waals surface area contributed by atoms with E-state index >= 15 is 0 Å². The predicted octanol–water partition coefficient (Wildman–Crippen LogP) is 1.55. The van der Waals surface area contributed by atoms with E-state index in [1.165, 1.54) is 5.56 Å². The highest BCUT2D eigenvalue weighted by Crippen LogP contribution is 2.33. The van der Waals surface area contributed by atoms with Crippen LogP contribution < -0.4 is 5.32 Å². The third kappa shape index (κ3) is 2.90. The van der Waals surface area contributed by atoms with Crippen molar-refractivity contribution in [2.75, 3.05) is 13.2 Å². The van der Waals surface area contributed by atoms with Gasteiger partial charge in [-0.2, -0.15) is 0 Å². The van der Waals surface area contributed by atoms with Crippen LogP contribution in [0.5, 0.6) is 0 Å². The van der Waals surface area contributed by atoms with Gasteiger partial charge < -0.3 is 14.6 Å². The van der Waals surface area contributed by atoms with Crippen LogP contribution in [-0.2, 0) is 16.1 Å². The number of nitrogens with zero attached hydrogens (tertiary/aromatic N) is 2. The van der Waals surface area contributed by atoms with Crippen molar-refractivity contribution in [1.82, 2.24) is 15.4 Å². The zero-order valence-corrected chi connectivity index (χ0v) is 13.9. The van der Waals surface area contributed by atoms with Crippen LogP contribution in [-0.4, -0.2) is 47.3 Å². The maximum Gasteiger partial charge on any atom is 0.223 e. The zero-order chi connectivity index (χ0) is 16.0. The summed E-state index contributed by atoms with van der Waals surface area (Å²) in [5.74, 6) is 1.34. The van der Waals surface area contributed by atoms with E-state index in [0.717, 1.165) is 56.8 Å². The molecular weight excluding hydrogens is 294 g/mol. The Balaban J connectivity index is 1.49. The van der Waals surface area contributed by atoms with E-state index < -0.39 is 0 Å². The molecule has 23 heavy (non-hydrogen) atoms. The number of carbonyl (C=O) groups excluding carboxylic acids is 1. The minimum atomic E-state index is 0.105. The molecule has 1 aromatic heterocycles. The van der Waals surface area contributed by atoms with Crippen LogP contribution in [0.1, 0.15) is 42.7 Å². The summed E-state index contributed by atoms with van der Waals surface area (Å²) in [6.45, 7) is 6.42. The van der Waals surface area contributed by atoms with Gasteiger partial charge in [-0.05, 0) is 39.5 Å². The second kappa shape index (κ2) is 5.91. The third-order valence-corrected chi connectivity index (χ3v) is 5.45. The normalized spacial score (nSPS) is 31.1. The van der Waals surface area contributed by atoms with Crippen molar-refractivity contribution in [3.05, 3.63) is 17.0 Å². The molecule has 6 heteroatoms. The Bertz CT molecular complexity index is 576. The first-order valence-corrected chi connectivity index (χ1v) is 8.71. The number of ether oxygens (including phenoxy) is 1. The van der Waals surface area contributed by atoms with E-state index in [0.29, 0.717) is 6.04 Å². The Labute approximate surface area is 136 Å². The van der Waals surface area contributed by atoms with Crippen LogP contribution in [0.3, 0.4) is 0 Å². The molecule has 1 aromatic rings. The molecule has 0 unspecified atom stereocenters. The van der Waals surface area contributed by atoms with Crippen LogP contribution >= 0.6 is 0 Å². The fourth-order valence-corrected chi connectivity index (χ4v) is 3.94. The summed E-state index contributed by atoms with van der Waals surface area (Å²) >= 11 is 0. The number of hydrogen-bond acceptors (Lipinski definition) is 5. The van der Waals surface area contributed by atoms with Crippen molar-refractivity contribution in [3.8, 4) is 0 Å². The fraction of sp³-hybridized carbons (Fsp3) is 0.765. The smallest absolute Gasteiger partial charge is 0.223 e. The quantitative estimate of drug-likeness (QED) is 0.912. The third-order valence-electron chi connectivity index (χ3n) is 5.45. The summed E-state index contributed by atoms with van der Waals surface area (Å²) in [5, 5.41) is 7.29. The Morgan fingerprint density at radius 2 is 2.17 bits per heavy atom. The van der Waals surface area contributed by atoms with E-state index in [2.05, 4.69) is 15.4 Å². The lowest BCUT2D eigenvalue weighted by Crippen LogP contribution is -2.48. The van der Waals surface area contributed by atoms with Crippen molar-refractivity contribution >= 4 is 5.91 Å². The van der Waals surface area contributed by atoms with Crippen molar-refractivity contribution in [2.45, 2.75) is 64.3 Å². The van der Waals surface area contributed by atoms with Gasteiger partial charge in [0.25, 0.3) is 0 Å². The Morgan fingerprint density at radius 1 is 1.35 bits per heavy atom. The number of amides is 1. The van der Waals surface area contributed by atoms with Gasteiger partial charge in [0, 0.05) is 37.2 Å². The van der Waals surface area contributed by atoms with E-state index in [4.69, 9.17) is 9.26 Å². The highest BCUT2D eigenvalue weighted by atomic mass is 16.5. The van der Waals surface area contributed by atoms with E-state index in [9.17, 15) is 4.79 Å². The predicted molar refractivity (Wildman–Crippen MR) is 83.8 cm³/mol. The topological polar surface area (TPSA) is 67.6 Å². The van der Waals surface area contributed by atoms with Gasteiger partial charge in [0.05, 0.1) is 17.8 Å². The summed E-state index contributed by atoms with van der Waals surface area (Å²) < 4.78 is 11.3. The number of aryl methyl sites for hydroxylation is 2. The van der Waals surface area contributed by atoms with Gasteiger partial charge in [-0.1, -0.05) is 5.16 Å². The van der Waals surface area contributed by atoms with Gasteiger partial charge in [-0.25, -0.2) is 0 Å². The molecule has 0 bridgehead atoms. The van der Waals surface area contributed by atoms with Crippen LogP contribution in [0.2, 0.25) is 0 Å². The number of nitrogens with one attached hydrogen (secondary N) is 1. The molecule has 2 saturated heterocycles. The summed E-state index contributed by atoms with van der Waals surface area (Å²) in [6.07, 6.45) is 4.41. The molecule has 1 saturated carbocycles. The fourth-order valence-electron chi connectivity index (χ4n) is 3.94. The van der Waals surface area contributed by atoms with Gasteiger partial charge in [0.2, 0.25) is 5.91 Å². The SMILES string of the molecule is Cc1noc(C)c1CN1C[C@@H](NC(=O)C2CC2)[C@H]2OCCC[C@H]21. The largest absolute Gasteiger partial charge is 0.374 e. The number of fused-ring (bicyclic) bond motifs is 1. The molecule has 6 nitrogen and oxygen atoms in total. The summed E-state index contributed by atoms with van der Waals surface area (Å²) in [6, 6.07) is 0.482. The van der Waals surface area contributed by atoms with Crippen LogP contribution in [0.25, 0.3) is 0 Å². The maximum absolute atomic E-state index is 12.2. The molecule has 3 heterocycles. The van der Waals surface area contributed by atoms with Gasteiger partial charge >= 0.3 is 0 Å². The summed E-state index contributed by atoms with van der Waals surface area (Å²) in [4.78, 5) is 14.6. The van der Waals surface area contributed by atoms with Gasteiger partial charge in [-0.3, -0.25) is 9.69 Å². The maximum atomic E-state index is 12.2. The number of aromatic nitrogens is 1. The average Bonchev–Trinajstić information content (AvgIpc) is 3.29. The molecule has 0 spiro atoms. The van der Waals surface area contributed by atoms with E-state index in [-0.39, 0.29) is 24.0 Å². The van der Waals surface area contributed by atoms with E-state index in [1.54, 1.807) is 0 Å². The first-order valence-electron chi connectivity index (χ1n) is 8.71. The van der Waals surface area contributed by atoms with Crippen molar-refractivity contribution < 1.29 is 14.1 Å². The summed E-state index contributed by atoms with van der Waals surface area (Å²) in [7, 11) is 0. The molecule has 4 rings (SSSR count). The lowest BCUT2D eigenvalue weighted by molar-refractivity contribution is -0.124. The molecule has 3 atom stereocenters. The van der Waals surface area contributed by atoms with Crippen LogP contribution in [0.4, 0.5) is 0 Å². The average molecular weight is 319 g/mol. The molecule has 0 aromatic carbocycles. The monoisotopic (exact) mass is 319 g/mol. The molecule has 1 N–H and O–H groups in total. The Kier molecular flexibility index (Phi) is 3.89. The Morgan fingerprint density at radius 3 is 2.87 bits per heavy atom. The van der Waals surface area contributed by atoms with Crippen molar-refractivity contribution in [2.24, 2.45) is 5.92 Å². The van der Waals surface area contributed by atoms with Crippen LogP contribution in [0, 0.1) is 19.8 Å². The zero-order valence-electron chi connectivity index (χ0n) is 13.9. The lowest BCUT2D eigenvalue weighted by atomic mass is 10.0. The minimum Gasteiger partial charge on any atom is -0.374 e. The minimum absolute atomic E-state index is 0.105. The van der Waals surface area contributed by atoms with Gasteiger partial charge in [0.15, 0.2) is 0 Å². The van der Waals surface area contributed by atoms with Gasteiger partial charge in [0.1, 0.15) is 5.76 Å². The van der Waals surface area contributed by atoms with Crippen LogP contribution in [0.15, 0.2) is 4.52 Å².